The zero-order chi connectivity index (χ0) is 27.6. The first-order chi connectivity index (χ1) is 18.7. The molecule has 11 heteroatoms. The number of aliphatic hydroxyl groups excluding tert-OH is 1. The average Bonchev–Trinajstić information content (AvgIpc) is 3.36. The van der Waals surface area contributed by atoms with Crippen LogP contribution in [0.25, 0.3) is 16.8 Å². The van der Waals surface area contributed by atoms with Gasteiger partial charge in [-0.15, -0.1) is 11.8 Å². The van der Waals surface area contributed by atoms with Gasteiger partial charge in [0.2, 0.25) is 6.41 Å². The molecule has 10 nitrogen and oxygen atoms in total. The van der Waals surface area contributed by atoms with Crippen LogP contribution in [0.1, 0.15) is 31.3 Å². The van der Waals surface area contributed by atoms with Crippen LogP contribution in [0, 0.1) is 0 Å². The van der Waals surface area contributed by atoms with E-state index in [0.717, 1.165) is 21.8 Å². The highest BCUT2D eigenvalue weighted by Gasteiger charge is 2.27. The van der Waals surface area contributed by atoms with Gasteiger partial charge < -0.3 is 20.1 Å². The highest BCUT2D eigenvalue weighted by Crippen LogP contribution is 2.28. The molecule has 204 valence electrons. The minimum Gasteiger partial charge on any atom is -0.367 e. The van der Waals surface area contributed by atoms with E-state index in [9.17, 15) is 9.90 Å². The first kappa shape index (κ1) is 27.1. The number of nitrogens with one attached hydrogen (secondary N) is 1. The molecule has 39 heavy (non-hydrogen) atoms. The van der Waals surface area contributed by atoms with Gasteiger partial charge in [-0.05, 0) is 57.4 Å². The van der Waals surface area contributed by atoms with Crippen LogP contribution in [-0.2, 0) is 4.74 Å². The Morgan fingerprint density at radius 2 is 1.85 bits per heavy atom. The van der Waals surface area contributed by atoms with Gasteiger partial charge in [-0.1, -0.05) is 12.1 Å². The van der Waals surface area contributed by atoms with Crippen LogP contribution in [0.3, 0.4) is 0 Å². The van der Waals surface area contributed by atoms with Gasteiger partial charge in [-0.25, -0.2) is 14.5 Å². The Hall–Kier alpha value is -3.51. The van der Waals surface area contributed by atoms with Crippen LogP contribution in [0.2, 0.25) is 0 Å². The topological polar surface area (TPSA) is 108 Å². The number of para-hydroxylation sites is 2. The fourth-order valence-corrected chi connectivity index (χ4v) is 4.84. The van der Waals surface area contributed by atoms with E-state index in [1.165, 1.54) is 0 Å². The number of hydrogen-bond acceptors (Lipinski definition) is 9. The molecule has 0 bridgehead atoms. The number of nitrogens with zero attached hydrogens (tertiary/aromatic N) is 6. The number of hydrogen-bond donors (Lipinski definition) is 2. The second-order valence-corrected chi connectivity index (χ2v) is 11.1. The molecule has 1 saturated heterocycles. The molecule has 1 aromatic carbocycles. The highest BCUT2D eigenvalue weighted by atomic mass is 32.2. The van der Waals surface area contributed by atoms with Crippen LogP contribution in [-0.4, -0.2) is 79.9 Å². The van der Waals surface area contributed by atoms with Crippen molar-refractivity contribution in [1.82, 2.24) is 24.5 Å². The van der Waals surface area contributed by atoms with Gasteiger partial charge in [0, 0.05) is 49.7 Å². The SMILES string of the molecule is CSc1ccc(-c2cnn3ccc(C(=O)Nc4ccccc4N4CCN(C(O)OC(C)(C)C)CC4)nc23)cn1. The van der Waals surface area contributed by atoms with Crippen molar-refractivity contribution in [2.75, 3.05) is 42.7 Å². The number of thioether (sulfide) groups is 1. The summed E-state index contributed by atoms with van der Waals surface area (Å²) < 4.78 is 7.36. The number of carbonyl (C=O) groups is 1. The number of piperazine rings is 1. The Labute approximate surface area is 232 Å². The molecule has 1 aliphatic heterocycles. The number of pyridine rings is 1. The van der Waals surface area contributed by atoms with Crippen LogP contribution in [0.4, 0.5) is 11.4 Å². The number of benzene rings is 1. The van der Waals surface area contributed by atoms with E-state index >= 15 is 0 Å². The van der Waals surface area contributed by atoms with E-state index in [4.69, 9.17) is 4.74 Å². The second kappa shape index (κ2) is 11.3. The van der Waals surface area contributed by atoms with Gasteiger partial charge >= 0.3 is 0 Å². The molecule has 1 aliphatic rings. The maximum atomic E-state index is 13.3. The van der Waals surface area contributed by atoms with Crippen LogP contribution in [0.5, 0.6) is 0 Å². The van der Waals surface area contributed by atoms with E-state index in [1.54, 1.807) is 40.9 Å². The van der Waals surface area contributed by atoms with Gasteiger partial charge in [0.25, 0.3) is 5.91 Å². The van der Waals surface area contributed by atoms with Crippen LogP contribution in [0.15, 0.2) is 66.1 Å². The van der Waals surface area contributed by atoms with Crippen molar-refractivity contribution in [1.29, 1.82) is 0 Å². The van der Waals surface area contributed by atoms with E-state index in [-0.39, 0.29) is 5.91 Å². The maximum Gasteiger partial charge on any atom is 0.274 e. The summed E-state index contributed by atoms with van der Waals surface area (Å²) in [6.07, 6.45) is 6.30. The number of rotatable bonds is 7. The highest BCUT2D eigenvalue weighted by molar-refractivity contribution is 7.98. The number of fused-ring (bicyclic) bond motifs is 1. The van der Waals surface area contributed by atoms with Crippen molar-refractivity contribution < 1.29 is 14.6 Å². The lowest BCUT2D eigenvalue weighted by molar-refractivity contribution is -0.239. The number of aliphatic hydroxyl groups is 1. The molecule has 1 atom stereocenters. The fraction of sp³-hybridized carbons (Fsp3) is 0.357. The summed E-state index contributed by atoms with van der Waals surface area (Å²) in [6, 6.07) is 13.3. The van der Waals surface area contributed by atoms with E-state index in [1.807, 2.05) is 68.3 Å². The molecule has 4 heterocycles. The Bertz CT molecular complexity index is 1440. The average molecular weight is 548 g/mol. The molecular formula is C28H33N7O3S. The number of anilines is 2. The normalized spacial score (nSPS) is 15.5. The molecule has 0 radical (unpaired) electrons. The number of amides is 1. The summed E-state index contributed by atoms with van der Waals surface area (Å²) in [5.74, 6) is -0.305. The Morgan fingerprint density at radius 1 is 1.08 bits per heavy atom. The predicted octanol–water partition coefficient (Wildman–Crippen LogP) is 3.98. The Morgan fingerprint density at radius 3 is 2.54 bits per heavy atom. The van der Waals surface area contributed by atoms with Crippen molar-refractivity contribution >= 4 is 34.7 Å². The number of aromatic nitrogens is 4. The summed E-state index contributed by atoms with van der Waals surface area (Å²) in [4.78, 5) is 26.5. The molecule has 5 rings (SSSR count). The quantitative estimate of drug-likeness (QED) is 0.262. The molecule has 1 unspecified atom stereocenters. The van der Waals surface area contributed by atoms with Crippen molar-refractivity contribution in [3.05, 3.63) is 66.7 Å². The first-order valence-corrected chi connectivity index (χ1v) is 14.0. The smallest absolute Gasteiger partial charge is 0.274 e. The Kier molecular flexibility index (Phi) is 7.85. The maximum absolute atomic E-state index is 13.3. The predicted molar refractivity (Wildman–Crippen MR) is 153 cm³/mol. The zero-order valence-electron chi connectivity index (χ0n) is 22.5. The van der Waals surface area contributed by atoms with Crippen molar-refractivity contribution in [3.8, 4) is 11.1 Å². The third kappa shape index (κ3) is 6.22. The number of ether oxygens (including phenoxy) is 1. The van der Waals surface area contributed by atoms with E-state index in [2.05, 4.69) is 25.3 Å². The summed E-state index contributed by atoms with van der Waals surface area (Å²) >= 11 is 1.58. The molecule has 3 aromatic heterocycles. The van der Waals surface area contributed by atoms with Crippen molar-refractivity contribution in [3.63, 3.8) is 0 Å². The van der Waals surface area contributed by atoms with E-state index < -0.39 is 12.0 Å². The van der Waals surface area contributed by atoms with Crippen molar-refractivity contribution in [2.45, 2.75) is 37.8 Å². The molecule has 2 N–H and O–H groups in total. The van der Waals surface area contributed by atoms with Gasteiger partial charge in [0.05, 0.1) is 28.2 Å². The molecule has 1 amide bonds. The minimum atomic E-state index is -0.948. The lowest BCUT2D eigenvalue weighted by Gasteiger charge is -2.40. The molecule has 0 spiro atoms. The van der Waals surface area contributed by atoms with Crippen LogP contribution >= 0.6 is 11.8 Å². The molecule has 1 fully saturated rings. The molecule has 0 aliphatic carbocycles. The molecule has 4 aromatic rings. The number of carbonyl (C=O) groups excluding carboxylic acids is 1. The third-order valence-corrected chi connectivity index (χ3v) is 7.10. The second-order valence-electron chi connectivity index (χ2n) is 10.3. The first-order valence-electron chi connectivity index (χ1n) is 12.8. The van der Waals surface area contributed by atoms with Gasteiger partial charge in [0.1, 0.15) is 5.69 Å². The summed E-state index contributed by atoms with van der Waals surface area (Å²) in [6.45, 7) is 8.40. The minimum absolute atomic E-state index is 0.292. The standard InChI is InChI=1S/C28H33N7O3S/c1-28(2,3)38-27(37)34-15-13-33(14-16-34)23-8-6-5-7-21(23)32-26(36)22-11-12-35-25(31-22)20(18-30-35)19-9-10-24(39-4)29-17-19/h5-12,17-18,27,37H,13-16H2,1-4H3,(H,32,36). The van der Waals surface area contributed by atoms with Gasteiger partial charge in [-0.2, -0.15) is 5.10 Å². The van der Waals surface area contributed by atoms with Gasteiger partial charge in [-0.3, -0.25) is 9.69 Å². The zero-order valence-corrected chi connectivity index (χ0v) is 23.4. The largest absolute Gasteiger partial charge is 0.367 e. The monoisotopic (exact) mass is 547 g/mol. The fourth-order valence-electron chi connectivity index (χ4n) is 4.48. The van der Waals surface area contributed by atoms with Crippen LogP contribution < -0.4 is 10.2 Å². The lowest BCUT2D eigenvalue weighted by atomic mass is 10.1. The van der Waals surface area contributed by atoms with E-state index in [0.29, 0.717) is 43.2 Å². The third-order valence-electron chi connectivity index (χ3n) is 6.44. The van der Waals surface area contributed by atoms with Gasteiger partial charge in [0.15, 0.2) is 5.65 Å². The summed E-state index contributed by atoms with van der Waals surface area (Å²) in [5.41, 5.74) is 3.76. The molecule has 0 saturated carbocycles. The summed E-state index contributed by atoms with van der Waals surface area (Å²) in [5, 5.41) is 18.8. The summed E-state index contributed by atoms with van der Waals surface area (Å²) in [7, 11) is 0. The molecular weight excluding hydrogens is 514 g/mol. The Balaban J connectivity index is 1.31. The lowest BCUT2D eigenvalue weighted by Crippen LogP contribution is -2.52. The van der Waals surface area contributed by atoms with Crippen molar-refractivity contribution in [2.24, 2.45) is 0 Å².